The number of fused-ring (bicyclic) bond motifs is 1. The van der Waals surface area contributed by atoms with Crippen molar-refractivity contribution in [2.75, 3.05) is 6.54 Å². The molecule has 1 heterocycles. The SMILES string of the molecule is Cc1cc2occ(CC(=O)NCCC(C)N)c2cc1C. The van der Waals surface area contributed by atoms with Crippen molar-refractivity contribution in [2.45, 2.75) is 39.7 Å². The Morgan fingerprint density at radius 3 is 2.75 bits per heavy atom. The normalized spacial score (nSPS) is 12.6. The Morgan fingerprint density at radius 1 is 1.35 bits per heavy atom. The lowest BCUT2D eigenvalue weighted by Gasteiger charge is -2.07. The molecule has 1 aromatic heterocycles. The Balaban J connectivity index is 2.06. The molecule has 1 amide bonds. The van der Waals surface area contributed by atoms with Gasteiger partial charge in [-0.25, -0.2) is 0 Å². The summed E-state index contributed by atoms with van der Waals surface area (Å²) >= 11 is 0. The second-order valence-corrected chi connectivity index (χ2v) is 5.49. The van der Waals surface area contributed by atoms with E-state index >= 15 is 0 Å². The molecule has 0 aliphatic heterocycles. The maximum atomic E-state index is 11.9. The van der Waals surface area contributed by atoms with Gasteiger partial charge < -0.3 is 15.5 Å². The van der Waals surface area contributed by atoms with Crippen LogP contribution in [0.2, 0.25) is 0 Å². The maximum absolute atomic E-state index is 11.9. The minimum Gasteiger partial charge on any atom is -0.464 e. The zero-order valence-corrected chi connectivity index (χ0v) is 12.3. The Bertz CT molecular complexity index is 614. The monoisotopic (exact) mass is 274 g/mol. The first-order valence-corrected chi connectivity index (χ1v) is 6.97. The Kier molecular flexibility index (Phi) is 4.45. The van der Waals surface area contributed by atoms with E-state index in [9.17, 15) is 4.79 Å². The molecule has 1 unspecified atom stereocenters. The van der Waals surface area contributed by atoms with Crippen molar-refractivity contribution in [2.24, 2.45) is 5.73 Å². The van der Waals surface area contributed by atoms with Gasteiger partial charge in [-0.05, 0) is 50.5 Å². The molecule has 1 aromatic carbocycles. The molecular formula is C16H22N2O2. The van der Waals surface area contributed by atoms with Crippen LogP contribution < -0.4 is 11.1 Å². The van der Waals surface area contributed by atoms with Gasteiger partial charge in [0.2, 0.25) is 5.91 Å². The van der Waals surface area contributed by atoms with Crippen molar-refractivity contribution in [3.8, 4) is 0 Å². The van der Waals surface area contributed by atoms with Gasteiger partial charge in [0.05, 0.1) is 12.7 Å². The molecule has 2 aromatic rings. The first-order valence-electron chi connectivity index (χ1n) is 6.97. The lowest BCUT2D eigenvalue weighted by atomic mass is 10.0. The number of benzene rings is 1. The second kappa shape index (κ2) is 6.09. The molecule has 108 valence electrons. The first-order chi connectivity index (χ1) is 9.47. The van der Waals surface area contributed by atoms with Crippen molar-refractivity contribution in [3.63, 3.8) is 0 Å². The lowest BCUT2D eigenvalue weighted by Crippen LogP contribution is -2.29. The van der Waals surface area contributed by atoms with Crippen LogP contribution in [0.15, 0.2) is 22.8 Å². The van der Waals surface area contributed by atoms with E-state index < -0.39 is 0 Å². The second-order valence-electron chi connectivity index (χ2n) is 5.49. The van der Waals surface area contributed by atoms with Crippen LogP contribution in [0.25, 0.3) is 11.0 Å². The average molecular weight is 274 g/mol. The number of furan rings is 1. The summed E-state index contributed by atoms with van der Waals surface area (Å²) in [4.78, 5) is 11.9. The molecule has 0 radical (unpaired) electrons. The fraction of sp³-hybridized carbons (Fsp3) is 0.438. The van der Waals surface area contributed by atoms with Crippen molar-refractivity contribution in [1.82, 2.24) is 5.32 Å². The number of amides is 1. The van der Waals surface area contributed by atoms with Crippen molar-refractivity contribution >= 4 is 16.9 Å². The van der Waals surface area contributed by atoms with E-state index in [4.69, 9.17) is 10.2 Å². The predicted molar refractivity (Wildman–Crippen MR) is 80.7 cm³/mol. The summed E-state index contributed by atoms with van der Waals surface area (Å²) < 4.78 is 5.53. The van der Waals surface area contributed by atoms with Crippen LogP contribution in [0.1, 0.15) is 30.0 Å². The van der Waals surface area contributed by atoms with Gasteiger partial charge in [-0.15, -0.1) is 0 Å². The number of nitrogens with one attached hydrogen (secondary N) is 1. The largest absolute Gasteiger partial charge is 0.464 e. The lowest BCUT2D eigenvalue weighted by molar-refractivity contribution is -0.120. The van der Waals surface area contributed by atoms with Crippen LogP contribution in [0.3, 0.4) is 0 Å². The van der Waals surface area contributed by atoms with Crippen molar-refractivity contribution in [1.29, 1.82) is 0 Å². The quantitative estimate of drug-likeness (QED) is 0.880. The zero-order valence-electron chi connectivity index (χ0n) is 12.3. The smallest absolute Gasteiger partial charge is 0.224 e. The molecule has 0 fully saturated rings. The highest BCUT2D eigenvalue weighted by atomic mass is 16.3. The molecule has 0 aliphatic rings. The zero-order chi connectivity index (χ0) is 14.7. The molecule has 4 nitrogen and oxygen atoms in total. The Labute approximate surface area is 119 Å². The van der Waals surface area contributed by atoms with Gasteiger partial charge in [-0.1, -0.05) is 0 Å². The molecule has 0 saturated heterocycles. The summed E-state index contributed by atoms with van der Waals surface area (Å²) in [6.07, 6.45) is 2.80. The number of aryl methyl sites for hydroxylation is 2. The average Bonchev–Trinajstić information content (AvgIpc) is 2.72. The maximum Gasteiger partial charge on any atom is 0.224 e. The molecule has 0 bridgehead atoms. The molecule has 1 atom stereocenters. The van der Waals surface area contributed by atoms with Gasteiger partial charge in [0.15, 0.2) is 0 Å². The van der Waals surface area contributed by atoms with Crippen molar-refractivity contribution in [3.05, 3.63) is 35.1 Å². The van der Waals surface area contributed by atoms with E-state index in [0.717, 1.165) is 23.0 Å². The molecule has 2 rings (SSSR count). The van der Waals surface area contributed by atoms with Gasteiger partial charge >= 0.3 is 0 Å². The summed E-state index contributed by atoms with van der Waals surface area (Å²) in [7, 11) is 0. The van der Waals surface area contributed by atoms with Crippen LogP contribution >= 0.6 is 0 Å². The van der Waals surface area contributed by atoms with Crippen LogP contribution in [-0.2, 0) is 11.2 Å². The molecular weight excluding hydrogens is 252 g/mol. The highest BCUT2D eigenvalue weighted by Gasteiger charge is 2.11. The van der Waals surface area contributed by atoms with Crippen LogP contribution in [-0.4, -0.2) is 18.5 Å². The summed E-state index contributed by atoms with van der Waals surface area (Å²) in [6, 6.07) is 4.21. The molecule has 20 heavy (non-hydrogen) atoms. The molecule has 0 saturated carbocycles. The molecule has 0 aliphatic carbocycles. The minimum absolute atomic E-state index is 0.00609. The standard InChI is InChI=1S/C16H22N2O2/c1-10-6-14-13(9-20-15(14)7-11(10)2)8-16(19)18-5-4-12(3)17/h6-7,9,12H,4-5,8,17H2,1-3H3,(H,18,19). The summed E-state index contributed by atoms with van der Waals surface area (Å²) in [5.74, 6) is 0.00609. The molecule has 4 heteroatoms. The fourth-order valence-corrected chi connectivity index (χ4v) is 2.15. The van der Waals surface area contributed by atoms with E-state index in [2.05, 4.69) is 25.2 Å². The minimum atomic E-state index is 0.00609. The fourth-order valence-electron chi connectivity index (χ4n) is 2.15. The van der Waals surface area contributed by atoms with Crippen LogP contribution in [0, 0.1) is 13.8 Å². The van der Waals surface area contributed by atoms with E-state index in [-0.39, 0.29) is 11.9 Å². The predicted octanol–water partition coefficient (Wildman–Crippen LogP) is 2.45. The molecule has 0 spiro atoms. The van der Waals surface area contributed by atoms with E-state index in [1.807, 2.05) is 13.0 Å². The first kappa shape index (κ1) is 14.6. The van der Waals surface area contributed by atoms with Gasteiger partial charge in [-0.2, -0.15) is 0 Å². The van der Waals surface area contributed by atoms with Crippen LogP contribution in [0.4, 0.5) is 0 Å². The number of rotatable bonds is 5. The highest BCUT2D eigenvalue weighted by Crippen LogP contribution is 2.25. The highest BCUT2D eigenvalue weighted by molar-refractivity contribution is 5.88. The molecule has 3 N–H and O–H groups in total. The van der Waals surface area contributed by atoms with E-state index in [1.165, 1.54) is 11.1 Å². The van der Waals surface area contributed by atoms with E-state index in [1.54, 1.807) is 6.26 Å². The third-order valence-electron chi connectivity index (χ3n) is 3.54. The Morgan fingerprint density at radius 2 is 2.05 bits per heavy atom. The summed E-state index contributed by atoms with van der Waals surface area (Å²) in [5, 5.41) is 3.91. The summed E-state index contributed by atoms with van der Waals surface area (Å²) in [5.41, 5.74) is 9.83. The van der Waals surface area contributed by atoms with Crippen molar-refractivity contribution < 1.29 is 9.21 Å². The van der Waals surface area contributed by atoms with Gasteiger partial charge in [-0.3, -0.25) is 4.79 Å². The van der Waals surface area contributed by atoms with E-state index in [0.29, 0.717) is 13.0 Å². The third kappa shape index (κ3) is 3.39. The van der Waals surface area contributed by atoms with Crippen LogP contribution in [0.5, 0.6) is 0 Å². The number of hydrogen-bond acceptors (Lipinski definition) is 3. The topological polar surface area (TPSA) is 68.3 Å². The number of nitrogens with two attached hydrogens (primary N) is 1. The van der Waals surface area contributed by atoms with Gasteiger partial charge in [0.1, 0.15) is 5.58 Å². The number of carbonyl (C=O) groups excluding carboxylic acids is 1. The number of carbonyl (C=O) groups is 1. The summed E-state index contributed by atoms with van der Waals surface area (Å²) in [6.45, 7) is 6.66. The number of hydrogen-bond donors (Lipinski definition) is 2. The van der Waals surface area contributed by atoms with Gasteiger partial charge in [0.25, 0.3) is 0 Å². The third-order valence-corrected chi connectivity index (χ3v) is 3.54. The van der Waals surface area contributed by atoms with Gasteiger partial charge in [0, 0.05) is 23.5 Å². The Hall–Kier alpha value is -1.81.